The maximum atomic E-state index is 13.0. The normalized spacial score (nSPS) is 11.9. The molecule has 9 nitrogen and oxygen atoms in total. The van der Waals surface area contributed by atoms with Gasteiger partial charge in [0.15, 0.2) is 18.2 Å². The van der Waals surface area contributed by atoms with Gasteiger partial charge < -0.3 is 9.47 Å². The van der Waals surface area contributed by atoms with Gasteiger partial charge in [0.2, 0.25) is 5.78 Å². The Kier molecular flexibility index (Phi) is 5.53. The number of Topliss-reactive ketones (excluding diaryl/α,β-unsaturated/α-hetero) is 1. The molecule has 0 spiro atoms. The van der Waals surface area contributed by atoms with Crippen LogP contribution < -0.4 is 4.74 Å². The van der Waals surface area contributed by atoms with Crippen molar-refractivity contribution in [2.45, 2.75) is 0 Å². The number of carbonyl (C=O) groups excluding carboxylic acids is 4. The molecule has 0 saturated carbocycles. The van der Waals surface area contributed by atoms with Gasteiger partial charge >= 0.3 is 5.97 Å². The number of rotatable bonds is 6. The number of fused-ring (bicyclic) bond motifs is 2. The highest BCUT2D eigenvalue weighted by Gasteiger charge is 2.39. The molecule has 33 heavy (non-hydrogen) atoms. The number of nitro benzene ring substituents is 1. The van der Waals surface area contributed by atoms with E-state index in [4.69, 9.17) is 9.47 Å². The largest absolute Gasteiger partial charge is 0.497 e. The number of benzene rings is 3. The number of nitro groups is 1. The van der Waals surface area contributed by atoms with Crippen LogP contribution >= 0.6 is 0 Å². The molecule has 0 N–H and O–H groups in total. The second-order valence-corrected chi connectivity index (χ2v) is 7.08. The summed E-state index contributed by atoms with van der Waals surface area (Å²) >= 11 is 0. The number of methoxy groups -OCH3 is 1. The van der Waals surface area contributed by atoms with Gasteiger partial charge in [-0.3, -0.25) is 24.5 Å². The molecule has 0 radical (unpaired) electrons. The molecule has 0 atom stereocenters. The fourth-order valence-corrected chi connectivity index (χ4v) is 3.61. The summed E-state index contributed by atoms with van der Waals surface area (Å²) < 4.78 is 10.0. The molecule has 3 aromatic carbocycles. The molecule has 0 unspecified atom stereocenters. The van der Waals surface area contributed by atoms with Gasteiger partial charge in [0, 0.05) is 22.3 Å². The van der Waals surface area contributed by atoms with E-state index in [1.807, 2.05) is 0 Å². The van der Waals surface area contributed by atoms with Crippen molar-refractivity contribution in [1.82, 2.24) is 0 Å². The van der Waals surface area contributed by atoms with Gasteiger partial charge in [-0.05, 0) is 24.3 Å². The topological polar surface area (TPSA) is 130 Å². The highest BCUT2D eigenvalue weighted by molar-refractivity contribution is 6.30. The van der Waals surface area contributed by atoms with Crippen molar-refractivity contribution in [2.24, 2.45) is 0 Å². The van der Waals surface area contributed by atoms with Crippen LogP contribution in [0.5, 0.6) is 5.75 Å². The summed E-state index contributed by atoms with van der Waals surface area (Å²) in [7, 11) is 1.43. The molecule has 0 saturated heterocycles. The molecule has 0 heterocycles. The summed E-state index contributed by atoms with van der Waals surface area (Å²) in [5.41, 5.74) is -1.65. The Hall–Kier alpha value is -4.66. The van der Waals surface area contributed by atoms with Crippen LogP contribution in [0, 0.1) is 10.1 Å². The van der Waals surface area contributed by atoms with Crippen molar-refractivity contribution >= 4 is 29.0 Å². The first-order chi connectivity index (χ1) is 15.8. The number of ether oxygens (including phenoxy) is 2. The Bertz CT molecular complexity index is 1360. The molecule has 164 valence electrons. The van der Waals surface area contributed by atoms with Gasteiger partial charge in [-0.25, -0.2) is 4.79 Å². The van der Waals surface area contributed by atoms with Crippen molar-refractivity contribution in [1.29, 1.82) is 0 Å². The second-order valence-electron chi connectivity index (χ2n) is 7.08. The molecular formula is C24H15NO8. The molecule has 9 heteroatoms. The zero-order valence-corrected chi connectivity index (χ0v) is 17.2. The summed E-state index contributed by atoms with van der Waals surface area (Å²) in [6.45, 7) is -0.685. The lowest BCUT2D eigenvalue weighted by molar-refractivity contribution is -0.385. The minimum Gasteiger partial charge on any atom is -0.497 e. The van der Waals surface area contributed by atoms with Crippen LogP contribution in [0.1, 0.15) is 52.6 Å². The molecule has 0 amide bonds. The number of esters is 1. The van der Waals surface area contributed by atoms with Crippen LogP contribution in [0.15, 0.2) is 60.7 Å². The zero-order chi connectivity index (χ0) is 23.7. The van der Waals surface area contributed by atoms with E-state index in [0.29, 0.717) is 5.75 Å². The third-order valence-electron chi connectivity index (χ3n) is 5.19. The number of hydrogen-bond acceptors (Lipinski definition) is 8. The minimum absolute atomic E-state index is 0.0109. The Balaban J connectivity index is 1.67. The summed E-state index contributed by atoms with van der Waals surface area (Å²) in [5.74, 6) is -2.59. The van der Waals surface area contributed by atoms with Crippen molar-refractivity contribution in [2.75, 3.05) is 13.7 Å². The maximum Gasteiger partial charge on any atom is 0.345 e. The van der Waals surface area contributed by atoms with Crippen LogP contribution in [0.3, 0.4) is 0 Å². The van der Waals surface area contributed by atoms with Gasteiger partial charge in [0.05, 0.1) is 12.0 Å². The molecular weight excluding hydrogens is 430 g/mol. The lowest BCUT2D eigenvalue weighted by Crippen LogP contribution is -2.24. The Morgan fingerprint density at radius 1 is 0.909 bits per heavy atom. The van der Waals surface area contributed by atoms with Crippen molar-refractivity contribution in [3.8, 4) is 5.75 Å². The van der Waals surface area contributed by atoms with Gasteiger partial charge in [-0.1, -0.05) is 36.4 Å². The molecule has 0 aromatic heterocycles. The highest BCUT2D eigenvalue weighted by Crippen LogP contribution is 2.35. The van der Waals surface area contributed by atoms with Crippen LogP contribution in [0.4, 0.5) is 5.69 Å². The van der Waals surface area contributed by atoms with E-state index in [1.165, 1.54) is 43.5 Å². The van der Waals surface area contributed by atoms with Crippen LogP contribution in [-0.4, -0.2) is 42.0 Å². The van der Waals surface area contributed by atoms with E-state index in [2.05, 4.69) is 0 Å². The van der Waals surface area contributed by atoms with Crippen molar-refractivity contribution in [3.05, 3.63) is 104 Å². The van der Waals surface area contributed by atoms with E-state index in [0.717, 1.165) is 6.07 Å². The van der Waals surface area contributed by atoms with Gasteiger partial charge in [0.1, 0.15) is 16.9 Å². The smallest absolute Gasteiger partial charge is 0.345 e. The Morgan fingerprint density at radius 2 is 1.61 bits per heavy atom. The fraction of sp³-hybridized carbons (Fsp3) is 0.0833. The summed E-state index contributed by atoms with van der Waals surface area (Å²) in [6.07, 6.45) is 0. The molecule has 0 aliphatic heterocycles. The van der Waals surface area contributed by atoms with Gasteiger partial charge in [-0.15, -0.1) is 0 Å². The van der Waals surface area contributed by atoms with E-state index >= 15 is 0 Å². The van der Waals surface area contributed by atoms with Gasteiger partial charge in [0.25, 0.3) is 5.69 Å². The molecule has 1 aliphatic carbocycles. The zero-order valence-electron chi connectivity index (χ0n) is 17.2. The number of ketones is 3. The maximum absolute atomic E-state index is 13.0. The Labute approximate surface area is 186 Å². The predicted octanol–water partition coefficient (Wildman–Crippen LogP) is 3.42. The van der Waals surface area contributed by atoms with E-state index in [9.17, 15) is 29.3 Å². The molecule has 0 bridgehead atoms. The average molecular weight is 445 g/mol. The van der Waals surface area contributed by atoms with E-state index < -0.39 is 51.7 Å². The monoisotopic (exact) mass is 445 g/mol. The minimum atomic E-state index is -1.17. The highest BCUT2D eigenvalue weighted by atomic mass is 16.6. The van der Waals surface area contributed by atoms with Crippen molar-refractivity contribution in [3.63, 3.8) is 0 Å². The first-order valence-electron chi connectivity index (χ1n) is 9.67. The molecule has 4 rings (SSSR count). The third kappa shape index (κ3) is 3.76. The average Bonchev–Trinajstić information content (AvgIpc) is 2.84. The summed E-state index contributed by atoms with van der Waals surface area (Å²) in [5, 5.41) is 11.8. The summed E-state index contributed by atoms with van der Waals surface area (Å²) in [6, 6.07) is 14.4. The van der Waals surface area contributed by atoms with Crippen LogP contribution in [-0.2, 0) is 4.74 Å². The van der Waals surface area contributed by atoms with Crippen molar-refractivity contribution < 1.29 is 33.6 Å². The first-order valence-corrected chi connectivity index (χ1v) is 9.67. The van der Waals surface area contributed by atoms with Crippen LogP contribution in [0.25, 0.3) is 0 Å². The van der Waals surface area contributed by atoms with E-state index in [-0.39, 0.29) is 22.3 Å². The third-order valence-corrected chi connectivity index (χ3v) is 5.19. The lowest BCUT2D eigenvalue weighted by atomic mass is 9.82. The molecule has 0 fully saturated rings. The molecule has 3 aromatic rings. The summed E-state index contributed by atoms with van der Waals surface area (Å²) in [4.78, 5) is 61.7. The second kappa shape index (κ2) is 8.46. The quantitative estimate of drug-likeness (QED) is 0.191. The fourth-order valence-electron chi connectivity index (χ4n) is 3.61. The standard InChI is InChI=1S/C24H15NO8/c1-32-14-6-4-5-13(11-14)19(26)12-33-24(29)18-10-9-17-20(21(18)25(30)31)23(28)16-8-3-2-7-15(16)22(17)27/h2-11H,12H2,1H3. The number of carbonyl (C=O) groups is 4. The van der Waals surface area contributed by atoms with E-state index in [1.54, 1.807) is 18.2 Å². The number of hydrogen-bond donors (Lipinski definition) is 0. The lowest BCUT2D eigenvalue weighted by Gasteiger charge is -2.18. The SMILES string of the molecule is COc1cccc(C(=O)COC(=O)c2ccc3c(c2[N+](=O)[O-])C(=O)c2ccccc2C3=O)c1. The van der Waals surface area contributed by atoms with Gasteiger partial charge in [-0.2, -0.15) is 0 Å². The molecule has 1 aliphatic rings. The predicted molar refractivity (Wildman–Crippen MR) is 114 cm³/mol. The Morgan fingerprint density at radius 3 is 2.27 bits per heavy atom. The number of nitrogens with zero attached hydrogens (tertiary/aromatic N) is 1. The first kappa shape index (κ1) is 21.6. The van der Waals surface area contributed by atoms with Crippen LogP contribution in [0.2, 0.25) is 0 Å².